The lowest BCUT2D eigenvalue weighted by atomic mass is 10.1. The number of hydrogen-bond donors (Lipinski definition) is 2. The molecular weight excluding hydrogens is 256 g/mol. The van der Waals surface area contributed by atoms with Crippen LogP contribution in [0.1, 0.15) is 17.3 Å². The molecular formula is C14H16N4O2. The molecule has 0 spiro atoms. The number of rotatable bonds is 4. The Morgan fingerprint density at radius 3 is 2.65 bits per heavy atom. The quantitative estimate of drug-likeness (QED) is 0.878. The second kappa shape index (κ2) is 6.12. The third-order valence-electron chi connectivity index (χ3n) is 2.72. The van der Waals surface area contributed by atoms with E-state index in [0.717, 1.165) is 5.56 Å². The molecule has 6 heteroatoms. The van der Waals surface area contributed by atoms with Crippen LogP contribution in [0.25, 0.3) is 0 Å². The van der Waals surface area contributed by atoms with E-state index in [1.807, 2.05) is 18.2 Å². The van der Waals surface area contributed by atoms with Crippen LogP contribution in [0.2, 0.25) is 0 Å². The molecule has 1 amide bonds. The molecule has 1 heterocycles. The molecule has 0 saturated carbocycles. The van der Waals surface area contributed by atoms with Crippen LogP contribution in [-0.4, -0.2) is 23.0 Å². The number of nitrogens with two attached hydrogens (primary N) is 1. The van der Waals surface area contributed by atoms with Crippen molar-refractivity contribution in [2.45, 2.75) is 13.0 Å². The van der Waals surface area contributed by atoms with E-state index in [1.165, 1.54) is 7.11 Å². The van der Waals surface area contributed by atoms with Gasteiger partial charge in [0.2, 0.25) is 17.7 Å². The van der Waals surface area contributed by atoms with Crippen LogP contribution < -0.4 is 15.8 Å². The molecule has 0 fully saturated rings. The van der Waals surface area contributed by atoms with Crippen LogP contribution in [0, 0.1) is 6.92 Å². The van der Waals surface area contributed by atoms with Crippen LogP contribution in [0.15, 0.2) is 36.4 Å². The maximum Gasteiger partial charge on any atom is 0.248 e. The van der Waals surface area contributed by atoms with Crippen molar-refractivity contribution >= 4 is 11.9 Å². The van der Waals surface area contributed by atoms with E-state index in [9.17, 15) is 4.79 Å². The first-order chi connectivity index (χ1) is 9.60. The minimum Gasteiger partial charge on any atom is -0.481 e. The second-order valence-corrected chi connectivity index (χ2v) is 4.25. The zero-order valence-corrected chi connectivity index (χ0v) is 11.3. The van der Waals surface area contributed by atoms with Gasteiger partial charge in [-0.1, -0.05) is 30.3 Å². The summed E-state index contributed by atoms with van der Waals surface area (Å²) in [5, 5.41) is 2.59. The van der Waals surface area contributed by atoms with E-state index in [0.29, 0.717) is 11.6 Å². The van der Waals surface area contributed by atoms with E-state index in [1.54, 1.807) is 25.1 Å². The number of ether oxygens (including phenoxy) is 1. The number of aryl methyl sites for hydroxylation is 1. The van der Waals surface area contributed by atoms with E-state index in [4.69, 9.17) is 10.5 Å². The molecule has 104 valence electrons. The molecule has 0 unspecified atom stereocenters. The molecule has 2 rings (SSSR count). The summed E-state index contributed by atoms with van der Waals surface area (Å²) in [7, 11) is 1.50. The van der Waals surface area contributed by atoms with Crippen LogP contribution in [0.3, 0.4) is 0 Å². The van der Waals surface area contributed by atoms with Crippen molar-refractivity contribution in [1.82, 2.24) is 9.97 Å². The Labute approximate surface area is 117 Å². The van der Waals surface area contributed by atoms with Crippen molar-refractivity contribution in [3.05, 3.63) is 47.7 Å². The van der Waals surface area contributed by atoms with Gasteiger partial charge in [-0.3, -0.25) is 10.1 Å². The molecule has 20 heavy (non-hydrogen) atoms. The van der Waals surface area contributed by atoms with E-state index < -0.39 is 6.04 Å². The Kier molecular flexibility index (Phi) is 4.27. The van der Waals surface area contributed by atoms with Gasteiger partial charge < -0.3 is 10.5 Å². The Hall–Kier alpha value is -2.47. The summed E-state index contributed by atoms with van der Waals surface area (Å²) in [6.45, 7) is 1.79. The van der Waals surface area contributed by atoms with Gasteiger partial charge in [0, 0.05) is 11.8 Å². The number of amides is 1. The molecule has 0 aliphatic carbocycles. The first kappa shape index (κ1) is 14.0. The van der Waals surface area contributed by atoms with Gasteiger partial charge in [-0.25, -0.2) is 4.98 Å². The van der Waals surface area contributed by atoms with Gasteiger partial charge in [-0.2, -0.15) is 4.98 Å². The zero-order chi connectivity index (χ0) is 14.5. The molecule has 2 aromatic rings. The molecule has 1 aromatic carbocycles. The highest BCUT2D eigenvalue weighted by molar-refractivity contribution is 5.94. The van der Waals surface area contributed by atoms with Crippen molar-refractivity contribution in [2.75, 3.05) is 12.4 Å². The van der Waals surface area contributed by atoms with Crippen LogP contribution in [-0.2, 0) is 4.79 Å². The number of methoxy groups -OCH3 is 1. The van der Waals surface area contributed by atoms with Crippen molar-refractivity contribution < 1.29 is 9.53 Å². The number of aromatic nitrogens is 2. The summed E-state index contributed by atoms with van der Waals surface area (Å²) in [6.07, 6.45) is 0. The number of carbonyl (C=O) groups is 1. The predicted octanol–water partition coefficient (Wildman–Crippen LogP) is 1.43. The molecule has 6 nitrogen and oxygen atoms in total. The monoisotopic (exact) mass is 272 g/mol. The molecule has 1 aromatic heterocycles. The van der Waals surface area contributed by atoms with Gasteiger partial charge in [0.05, 0.1) is 7.11 Å². The van der Waals surface area contributed by atoms with Gasteiger partial charge in [-0.05, 0) is 12.5 Å². The normalized spacial score (nSPS) is 11.8. The SMILES string of the molecule is COc1cc(C)nc(NC(=O)[C@@H](N)c2ccccc2)n1. The van der Waals surface area contributed by atoms with Crippen LogP contribution >= 0.6 is 0 Å². The fourth-order valence-corrected chi connectivity index (χ4v) is 1.70. The van der Waals surface area contributed by atoms with E-state index >= 15 is 0 Å². The van der Waals surface area contributed by atoms with Crippen molar-refractivity contribution in [3.63, 3.8) is 0 Å². The molecule has 0 aliphatic rings. The number of hydrogen-bond acceptors (Lipinski definition) is 5. The number of anilines is 1. The molecule has 0 bridgehead atoms. The molecule has 1 atom stereocenters. The first-order valence-corrected chi connectivity index (χ1v) is 6.11. The lowest BCUT2D eigenvalue weighted by molar-refractivity contribution is -0.117. The largest absolute Gasteiger partial charge is 0.481 e. The Morgan fingerprint density at radius 2 is 2.00 bits per heavy atom. The Morgan fingerprint density at radius 1 is 1.30 bits per heavy atom. The summed E-state index contributed by atoms with van der Waals surface area (Å²) < 4.78 is 5.03. The Balaban J connectivity index is 2.13. The number of nitrogens with one attached hydrogen (secondary N) is 1. The second-order valence-electron chi connectivity index (χ2n) is 4.25. The zero-order valence-electron chi connectivity index (χ0n) is 11.3. The smallest absolute Gasteiger partial charge is 0.248 e. The van der Waals surface area contributed by atoms with Gasteiger partial charge in [0.15, 0.2) is 0 Å². The third-order valence-corrected chi connectivity index (χ3v) is 2.72. The lowest BCUT2D eigenvalue weighted by Gasteiger charge is -2.12. The summed E-state index contributed by atoms with van der Waals surface area (Å²) in [5.74, 6) is 0.197. The molecule has 0 radical (unpaired) electrons. The standard InChI is InChI=1S/C14H16N4O2/c1-9-8-11(20-2)17-14(16-9)18-13(19)12(15)10-6-4-3-5-7-10/h3-8,12H,15H2,1-2H3,(H,16,17,18,19)/t12-/m0/s1. The highest BCUT2D eigenvalue weighted by Crippen LogP contribution is 2.14. The average Bonchev–Trinajstić information content (AvgIpc) is 2.46. The molecule has 0 saturated heterocycles. The minimum absolute atomic E-state index is 0.179. The topological polar surface area (TPSA) is 90.1 Å². The van der Waals surface area contributed by atoms with Crippen LogP contribution in [0.4, 0.5) is 5.95 Å². The summed E-state index contributed by atoms with van der Waals surface area (Å²) in [6, 6.07) is 10.0. The minimum atomic E-state index is -0.772. The third kappa shape index (κ3) is 3.30. The summed E-state index contributed by atoms with van der Waals surface area (Å²) >= 11 is 0. The van der Waals surface area contributed by atoms with Crippen molar-refractivity contribution in [1.29, 1.82) is 0 Å². The highest BCUT2D eigenvalue weighted by atomic mass is 16.5. The fourth-order valence-electron chi connectivity index (χ4n) is 1.70. The van der Waals surface area contributed by atoms with Crippen molar-refractivity contribution in [2.24, 2.45) is 5.73 Å². The highest BCUT2D eigenvalue weighted by Gasteiger charge is 2.17. The maximum absolute atomic E-state index is 12.1. The number of benzene rings is 1. The fraction of sp³-hybridized carbons (Fsp3) is 0.214. The number of carbonyl (C=O) groups excluding carboxylic acids is 1. The number of nitrogens with zero attached hydrogens (tertiary/aromatic N) is 2. The molecule has 3 N–H and O–H groups in total. The van der Waals surface area contributed by atoms with E-state index in [-0.39, 0.29) is 11.9 Å². The van der Waals surface area contributed by atoms with Gasteiger partial charge in [0.25, 0.3) is 0 Å². The average molecular weight is 272 g/mol. The van der Waals surface area contributed by atoms with E-state index in [2.05, 4.69) is 15.3 Å². The van der Waals surface area contributed by atoms with Crippen LogP contribution in [0.5, 0.6) is 5.88 Å². The summed E-state index contributed by atoms with van der Waals surface area (Å²) in [4.78, 5) is 20.2. The van der Waals surface area contributed by atoms with Gasteiger partial charge in [0.1, 0.15) is 6.04 Å². The van der Waals surface area contributed by atoms with Gasteiger partial charge >= 0.3 is 0 Å². The van der Waals surface area contributed by atoms with Crippen molar-refractivity contribution in [3.8, 4) is 5.88 Å². The maximum atomic E-state index is 12.1. The first-order valence-electron chi connectivity index (χ1n) is 6.11. The molecule has 0 aliphatic heterocycles. The van der Waals surface area contributed by atoms with Gasteiger partial charge in [-0.15, -0.1) is 0 Å². The lowest BCUT2D eigenvalue weighted by Crippen LogP contribution is -2.28. The predicted molar refractivity (Wildman–Crippen MR) is 75.3 cm³/mol. The summed E-state index contributed by atoms with van der Waals surface area (Å²) in [5.41, 5.74) is 7.32. The Bertz CT molecular complexity index is 601.